The zero-order valence-corrected chi connectivity index (χ0v) is 11.8. The maximum Gasteiger partial charge on any atom is 0.169 e. The molecule has 2 aliphatic rings. The molecular weight excluding hydrogens is 278 g/mol. The standard InChI is InChI=1S/C14H16ClN3O2/c15-12-8-11(17-13-3-5-16-18(12)13)10-2-1-4-14(9-10)19-6-7-20-14/h3,5,8,10H,1-2,4,6-7,9H2. The van der Waals surface area contributed by atoms with E-state index in [0.717, 1.165) is 37.0 Å². The molecule has 1 spiro atoms. The fourth-order valence-electron chi connectivity index (χ4n) is 3.31. The Morgan fingerprint density at radius 1 is 1.35 bits per heavy atom. The van der Waals surface area contributed by atoms with E-state index in [9.17, 15) is 0 Å². The van der Waals surface area contributed by atoms with Crippen molar-refractivity contribution < 1.29 is 9.47 Å². The van der Waals surface area contributed by atoms with Gasteiger partial charge in [0.25, 0.3) is 0 Å². The highest BCUT2D eigenvalue weighted by atomic mass is 35.5. The van der Waals surface area contributed by atoms with E-state index in [-0.39, 0.29) is 5.79 Å². The fourth-order valence-corrected chi connectivity index (χ4v) is 3.55. The summed E-state index contributed by atoms with van der Waals surface area (Å²) in [5.74, 6) is -0.0528. The lowest BCUT2D eigenvalue weighted by Gasteiger charge is -2.35. The molecule has 2 fully saturated rings. The topological polar surface area (TPSA) is 48.7 Å². The van der Waals surface area contributed by atoms with E-state index >= 15 is 0 Å². The summed E-state index contributed by atoms with van der Waals surface area (Å²) < 4.78 is 13.3. The van der Waals surface area contributed by atoms with Gasteiger partial charge in [0, 0.05) is 30.5 Å². The minimum Gasteiger partial charge on any atom is -0.348 e. The number of fused-ring (bicyclic) bond motifs is 1. The number of ether oxygens (including phenoxy) is 2. The molecule has 0 N–H and O–H groups in total. The summed E-state index contributed by atoms with van der Waals surface area (Å²) in [5, 5.41) is 4.75. The first-order chi connectivity index (χ1) is 9.76. The maximum absolute atomic E-state index is 6.27. The van der Waals surface area contributed by atoms with E-state index in [1.165, 1.54) is 0 Å². The van der Waals surface area contributed by atoms with Crippen LogP contribution in [0.4, 0.5) is 0 Å². The molecule has 1 saturated heterocycles. The smallest absolute Gasteiger partial charge is 0.169 e. The average molecular weight is 294 g/mol. The molecule has 2 aromatic heterocycles. The molecule has 20 heavy (non-hydrogen) atoms. The molecule has 0 bridgehead atoms. The first-order valence-corrected chi connectivity index (χ1v) is 7.42. The van der Waals surface area contributed by atoms with Gasteiger partial charge in [-0.05, 0) is 18.9 Å². The molecule has 5 nitrogen and oxygen atoms in total. The van der Waals surface area contributed by atoms with E-state index in [1.807, 2.05) is 12.1 Å². The van der Waals surface area contributed by atoms with E-state index in [2.05, 4.69) is 10.1 Å². The number of hydrogen-bond acceptors (Lipinski definition) is 4. The molecule has 1 unspecified atom stereocenters. The summed E-state index contributed by atoms with van der Waals surface area (Å²) in [7, 11) is 0. The quantitative estimate of drug-likeness (QED) is 0.759. The summed E-state index contributed by atoms with van der Waals surface area (Å²) in [5.41, 5.74) is 1.81. The molecule has 4 rings (SSSR count). The molecule has 6 heteroatoms. The molecule has 2 aromatic rings. The normalized spacial score (nSPS) is 25.6. The van der Waals surface area contributed by atoms with Crippen LogP contribution in [0.3, 0.4) is 0 Å². The van der Waals surface area contributed by atoms with Crippen LogP contribution >= 0.6 is 11.6 Å². The van der Waals surface area contributed by atoms with Gasteiger partial charge < -0.3 is 9.47 Å². The Hall–Kier alpha value is -1.17. The van der Waals surface area contributed by atoms with Gasteiger partial charge >= 0.3 is 0 Å². The number of hydrogen-bond donors (Lipinski definition) is 0. The van der Waals surface area contributed by atoms with Crippen molar-refractivity contribution in [1.82, 2.24) is 14.6 Å². The van der Waals surface area contributed by atoms with Gasteiger partial charge in [-0.15, -0.1) is 0 Å². The van der Waals surface area contributed by atoms with Crippen LogP contribution in [0.5, 0.6) is 0 Å². The molecule has 1 atom stereocenters. The molecule has 0 radical (unpaired) electrons. The molecule has 1 aliphatic carbocycles. The van der Waals surface area contributed by atoms with Crippen LogP contribution in [-0.4, -0.2) is 33.6 Å². The number of nitrogens with zero attached hydrogens (tertiary/aromatic N) is 3. The first kappa shape index (κ1) is 12.6. The Balaban J connectivity index is 1.67. The van der Waals surface area contributed by atoms with E-state index in [4.69, 9.17) is 21.1 Å². The lowest BCUT2D eigenvalue weighted by Crippen LogP contribution is -2.35. The van der Waals surface area contributed by atoms with Crippen LogP contribution in [0.25, 0.3) is 5.65 Å². The second-order valence-corrected chi connectivity index (χ2v) is 5.89. The van der Waals surface area contributed by atoms with Gasteiger partial charge in [0.2, 0.25) is 0 Å². The Labute approximate surface area is 121 Å². The van der Waals surface area contributed by atoms with Gasteiger partial charge in [-0.2, -0.15) is 5.10 Å². The van der Waals surface area contributed by atoms with Gasteiger partial charge in [0.15, 0.2) is 11.4 Å². The Bertz CT molecular complexity index is 636. The zero-order valence-electron chi connectivity index (χ0n) is 11.1. The van der Waals surface area contributed by atoms with Gasteiger partial charge in [0.1, 0.15) is 5.15 Å². The molecular formula is C14H16ClN3O2. The van der Waals surface area contributed by atoms with Gasteiger partial charge in [0.05, 0.1) is 19.4 Å². The molecule has 1 saturated carbocycles. The summed E-state index contributed by atoms with van der Waals surface area (Å²) in [4.78, 5) is 4.68. The van der Waals surface area contributed by atoms with Crippen molar-refractivity contribution in [3.05, 3.63) is 29.2 Å². The summed E-state index contributed by atoms with van der Waals surface area (Å²) in [6.07, 6.45) is 5.74. The van der Waals surface area contributed by atoms with Crippen LogP contribution in [-0.2, 0) is 9.47 Å². The van der Waals surface area contributed by atoms with E-state index in [0.29, 0.717) is 24.3 Å². The van der Waals surface area contributed by atoms with Gasteiger partial charge in [-0.3, -0.25) is 0 Å². The first-order valence-electron chi connectivity index (χ1n) is 7.04. The monoisotopic (exact) mass is 293 g/mol. The molecule has 0 aromatic carbocycles. The third kappa shape index (κ3) is 2.01. The summed E-state index contributed by atoms with van der Waals surface area (Å²) in [6.45, 7) is 1.39. The minimum absolute atomic E-state index is 0.333. The van der Waals surface area contributed by atoms with E-state index in [1.54, 1.807) is 10.7 Å². The molecule has 106 valence electrons. The van der Waals surface area contributed by atoms with Crippen molar-refractivity contribution in [2.75, 3.05) is 13.2 Å². The highest BCUT2D eigenvalue weighted by Crippen LogP contribution is 2.43. The van der Waals surface area contributed by atoms with Crippen LogP contribution < -0.4 is 0 Å². The van der Waals surface area contributed by atoms with Crippen molar-refractivity contribution in [3.8, 4) is 0 Å². The second-order valence-electron chi connectivity index (χ2n) is 5.51. The number of halogens is 1. The van der Waals surface area contributed by atoms with Gasteiger partial charge in [-0.25, -0.2) is 9.50 Å². The third-order valence-electron chi connectivity index (χ3n) is 4.24. The third-order valence-corrected chi connectivity index (χ3v) is 4.50. The lowest BCUT2D eigenvalue weighted by molar-refractivity contribution is -0.180. The van der Waals surface area contributed by atoms with Crippen molar-refractivity contribution >= 4 is 17.2 Å². The SMILES string of the molecule is Clc1cc(C2CCCC3(C2)OCCO3)nc2ccnn12. The maximum atomic E-state index is 6.27. The zero-order chi connectivity index (χ0) is 13.6. The number of aromatic nitrogens is 3. The lowest BCUT2D eigenvalue weighted by atomic mass is 9.82. The van der Waals surface area contributed by atoms with Crippen LogP contribution in [0, 0.1) is 0 Å². The predicted octanol–water partition coefficient (Wildman–Crippen LogP) is 2.78. The van der Waals surface area contributed by atoms with Gasteiger partial charge in [-0.1, -0.05) is 11.6 Å². The molecule has 0 amide bonds. The second kappa shape index (κ2) is 4.69. The van der Waals surface area contributed by atoms with Crippen molar-refractivity contribution in [2.45, 2.75) is 37.4 Å². The Kier molecular flexibility index (Phi) is 2.94. The average Bonchev–Trinajstić information content (AvgIpc) is 3.08. The summed E-state index contributed by atoms with van der Waals surface area (Å²) >= 11 is 6.27. The van der Waals surface area contributed by atoms with Crippen LogP contribution in [0.1, 0.15) is 37.3 Å². The highest BCUT2D eigenvalue weighted by molar-refractivity contribution is 6.29. The largest absolute Gasteiger partial charge is 0.348 e. The number of rotatable bonds is 1. The van der Waals surface area contributed by atoms with Crippen molar-refractivity contribution in [1.29, 1.82) is 0 Å². The molecule has 1 aliphatic heterocycles. The Morgan fingerprint density at radius 2 is 2.20 bits per heavy atom. The summed E-state index contributed by atoms with van der Waals surface area (Å²) in [6, 6.07) is 3.79. The van der Waals surface area contributed by atoms with E-state index < -0.39 is 0 Å². The predicted molar refractivity (Wildman–Crippen MR) is 73.8 cm³/mol. The highest BCUT2D eigenvalue weighted by Gasteiger charge is 2.42. The fraction of sp³-hybridized carbons (Fsp3) is 0.571. The molecule has 3 heterocycles. The van der Waals surface area contributed by atoms with Crippen molar-refractivity contribution in [3.63, 3.8) is 0 Å². The van der Waals surface area contributed by atoms with Crippen LogP contribution in [0.2, 0.25) is 5.15 Å². The van der Waals surface area contributed by atoms with Crippen LogP contribution in [0.15, 0.2) is 18.3 Å². The Morgan fingerprint density at radius 3 is 3.05 bits per heavy atom. The van der Waals surface area contributed by atoms with Crippen molar-refractivity contribution in [2.24, 2.45) is 0 Å². The minimum atomic E-state index is -0.385.